The summed E-state index contributed by atoms with van der Waals surface area (Å²) in [4.78, 5) is 14.6. The van der Waals surface area contributed by atoms with Crippen molar-refractivity contribution in [2.75, 3.05) is 7.05 Å². The minimum atomic E-state index is -0.443. The van der Waals surface area contributed by atoms with Crippen LogP contribution >= 0.6 is 12.2 Å². The number of aryl methyl sites for hydroxylation is 1. The van der Waals surface area contributed by atoms with Gasteiger partial charge in [-0.1, -0.05) is 0 Å². The van der Waals surface area contributed by atoms with Gasteiger partial charge in [-0.25, -0.2) is 4.39 Å². The number of aromatic amines is 1. The predicted molar refractivity (Wildman–Crippen MR) is 70.6 cm³/mol. The van der Waals surface area contributed by atoms with E-state index in [0.29, 0.717) is 15.9 Å². The lowest BCUT2D eigenvalue weighted by Gasteiger charge is -2.13. The molecule has 2 aromatic rings. The average molecular weight is 267 g/mol. The zero-order valence-corrected chi connectivity index (χ0v) is 11.2. The van der Waals surface area contributed by atoms with E-state index in [1.807, 2.05) is 0 Å². The van der Waals surface area contributed by atoms with Crippen molar-refractivity contribution in [1.29, 1.82) is 0 Å². The molecule has 0 aliphatic rings. The molecule has 0 aliphatic carbocycles. The monoisotopic (exact) mass is 267 g/mol. The Morgan fingerprint density at radius 3 is 2.83 bits per heavy atom. The van der Waals surface area contributed by atoms with Gasteiger partial charge in [0.1, 0.15) is 11.9 Å². The van der Waals surface area contributed by atoms with Crippen molar-refractivity contribution >= 4 is 29.2 Å². The van der Waals surface area contributed by atoms with E-state index in [-0.39, 0.29) is 11.7 Å². The summed E-state index contributed by atoms with van der Waals surface area (Å²) in [6.07, 6.45) is 0. The van der Waals surface area contributed by atoms with Crippen molar-refractivity contribution in [3.05, 3.63) is 28.3 Å². The summed E-state index contributed by atoms with van der Waals surface area (Å²) in [6.45, 7) is 3.43. The summed E-state index contributed by atoms with van der Waals surface area (Å²) in [5.41, 5.74) is 1.85. The van der Waals surface area contributed by atoms with Gasteiger partial charge in [0.25, 0.3) is 0 Å². The molecule has 1 unspecified atom stereocenters. The first kappa shape index (κ1) is 12.8. The number of H-pyrrole nitrogens is 1. The molecule has 1 aromatic carbocycles. The number of aromatic nitrogens is 2. The molecule has 0 spiro atoms. The maximum absolute atomic E-state index is 13.5. The SMILES string of the molecule is CNC(=O)C(C)n1c(=S)[nH]c2cc(F)c(C)cc21. The maximum atomic E-state index is 13.5. The van der Waals surface area contributed by atoms with E-state index >= 15 is 0 Å². The molecule has 0 bridgehead atoms. The van der Waals surface area contributed by atoms with Crippen LogP contribution in [0.25, 0.3) is 11.0 Å². The van der Waals surface area contributed by atoms with E-state index in [9.17, 15) is 9.18 Å². The number of fused-ring (bicyclic) bond motifs is 1. The summed E-state index contributed by atoms with van der Waals surface area (Å²) in [6, 6.07) is 2.64. The molecule has 18 heavy (non-hydrogen) atoms. The molecule has 1 heterocycles. The van der Waals surface area contributed by atoms with Crippen LogP contribution in [0.2, 0.25) is 0 Å². The van der Waals surface area contributed by atoms with Gasteiger partial charge in [0.2, 0.25) is 5.91 Å². The molecule has 1 aromatic heterocycles. The van der Waals surface area contributed by atoms with Crippen molar-refractivity contribution in [2.45, 2.75) is 19.9 Å². The summed E-state index contributed by atoms with van der Waals surface area (Å²) in [7, 11) is 1.57. The molecular formula is C12H14FN3OS. The second kappa shape index (κ2) is 4.53. The Labute approximate surface area is 109 Å². The van der Waals surface area contributed by atoms with Crippen molar-refractivity contribution < 1.29 is 9.18 Å². The molecule has 2 N–H and O–H groups in total. The molecule has 1 atom stereocenters. The van der Waals surface area contributed by atoms with Crippen LogP contribution in [0.1, 0.15) is 18.5 Å². The Kier molecular flexibility index (Phi) is 3.21. The van der Waals surface area contributed by atoms with Crippen LogP contribution in [0.15, 0.2) is 12.1 Å². The largest absolute Gasteiger partial charge is 0.357 e. The second-order valence-electron chi connectivity index (χ2n) is 4.21. The van der Waals surface area contributed by atoms with Crippen LogP contribution in [0.4, 0.5) is 4.39 Å². The first-order chi connectivity index (χ1) is 8.45. The topological polar surface area (TPSA) is 49.8 Å². The van der Waals surface area contributed by atoms with E-state index in [2.05, 4.69) is 10.3 Å². The number of hydrogen-bond donors (Lipinski definition) is 2. The van der Waals surface area contributed by atoms with Gasteiger partial charge in [-0.3, -0.25) is 4.79 Å². The maximum Gasteiger partial charge on any atom is 0.242 e. The zero-order chi connectivity index (χ0) is 13.4. The highest BCUT2D eigenvalue weighted by Gasteiger charge is 2.18. The van der Waals surface area contributed by atoms with Gasteiger partial charge in [-0.05, 0) is 43.8 Å². The van der Waals surface area contributed by atoms with Gasteiger partial charge in [-0.2, -0.15) is 0 Å². The third-order valence-electron chi connectivity index (χ3n) is 3.01. The number of carbonyl (C=O) groups excluding carboxylic acids is 1. The van der Waals surface area contributed by atoms with Gasteiger partial charge in [0.15, 0.2) is 4.77 Å². The van der Waals surface area contributed by atoms with Crippen molar-refractivity contribution in [3.63, 3.8) is 0 Å². The summed E-state index contributed by atoms with van der Waals surface area (Å²) < 4.78 is 15.6. The number of halogens is 1. The summed E-state index contributed by atoms with van der Waals surface area (Å²) in [5, 5.41) is 2.58. The minimum Gasteiger partial charge on any atom is -0.357 e. The van der Waals surface area contributed by atoms with Crippen molar-refractivity contribution in [2.24, 2.45) is 0 Å². The van der Waals surface area contributed by atoms with Crippen LogP contribution < -0.4 is 5.32 Å². The Morgan fingerprint density at radius 1 is 1.56 bits per heavy atom. The Balaban J connectivity index is 2.71. The predicted octanol–water partition coefficient (Wildman–Crippen LogP) is 2.45. The second-order valence-corrected chi connectivity index (χ2v) is 4.60. The molecule has 0 saturated heterocycles. The minimum absolute atomic E-state index is 0.144. The van der Waals surface area contributed by atoms with Crippen LogP contribution in [-0.2, 0) is 4.79 Å². The Bertz CT molecular complexity index is 674. The Morgan fingerprint density at radius 2 is 2.22 bits per heavy atom. The summed E-state index contributed by atoms with van der Waals surface area (Å²) >= 11 is 5.19. The van der Waals surface area contributed by atoms with Crippen molar-refractivity contribution in [3.8, 4) is 0 Å². The standard InChI is InChI=1S/C12H14FN3OS/c1-6-4-10-9(5-8(6)13)15-12(18)16(10)7(2)11(17)14-3/h4-5,7H,1-3H3,(H,14,17)(H,15,18). The first-order valence-corrected chi connectivity index (χ1v) is 5.98. The number of nitrogens with zero attached hydrogens (tertiary/aromatic N) is 1. The number of hydrogen-bond acceptors (Lipinski definition) is 2. The number of likely N-dealkylation sites (N-methyl/N-ethyl adjacent to an activating group) is 1. The smallest absolute Gasteiger partial charge is 0.242 e. The lowest BCUT2D eigenvalue weighted by Crippen LogP contribution is -2.27. The quantitative estimate of drug-likeness (QED) is 0.821. The first-order valence-electron chi connectivity index (χ1n) is 5.57. The lowest BCUT2D eigenvalue weighted by atomic mass is 10.2. The van der Waals surface area contributed by atoms with Crippen molar-refractivity contribution in [1.82, 2.24) is 14.9 Å². The molecule has 96 valence electrons. The van der Waals surface area contributed by atoms with E-state index in [1.165, 1.54) is 6.07 Å². The van der Waals surface area contributed by atoms with Crippen LogP contribution in [0.5, 0.6) is 0 Å². The van der Waals surface area contributed by atoms with Gasteiger partial charge in [0.05, 0.1) is 11.0 Å². The van der Waals surface area contributed by atoms with E-state index in [0.717, 1.165) is 5.52 Å². The normalized spacial score (nSPS) is 12.7. The molecule has 1 amide bonds. The number of nitrogens with one attached hydrogen (secondary N) is 2. The van der Waals surface area contributed by atoms with Gasteiger partial charge in [-0.15, -0.1) is 0 Å². The van der Waals surface area contributed by atoms with E-state index in [4.69, 9.17) is 12.2 Å². The molecular weight excluding hydrogens is 253 g/mol. The van der Waals surface area contributed by atoms with Crippen LogP contribution in [-0.4, -0.2) is 22.5 Å². The number of imidazole rings is 1. The third-order valence-corrected chi connectivity index (χ3v) is 3.31. The molecule has 0 aliphatic heterocycles. The van der Waals surface area contributed by atoms with Crippen LogP contribution in [0.3, 0.4) is 0 Å². The van der Waals surface area contributed by atoms with E-state index < -0.39 is 6.04 Å². The molecule has 4 nitrogen and oxygen atoms in total. The van der Waals surface area contributed by atoms with Gasteiger partial charge in [0, 0.05) is 7.05 Å². The number of carbonyl (C=O) groups is 1. The fourth-order valence-corrected chi connectivity index (χ4v) is 2.33. The lowest BCUT2D eigenvalue weighted by molar-refractivity contribution is -0.123. The molecule has 6 heteroatoms. The third kappa shape index (κ3) is 1.92. The number of benzene rings is 1. The highest BCUT2D eigenvalue weighted by molar-refractivity contribution is 7.71. The van der Waals surface area contributed by atoms with Gasteiger partial charge < -0.3 is 14.9 Å². The number of amides is 1. The van der Waals surface area contributed by atoms with Crippen LogP contribution in [0, 0.1) is 17.5 Å². The fourth-order valence-electron chi connectivity index (χ4n) is 1.96. The zero-order valence-electron chi connectivity index (χ0n) is 10.4. The average Bonchev–Trinajstić information content (AvgIpc) is 2.63. The number of rotatable bonds is 2. The molecule has 0 saturated carbocycles. The summed E-state index contributed by atoms with van der Waals surface area (Å²) in [5.74, 6) is -0.438. The molecule has 2 rings (SSSR count). The molecule has 0 radical (unpaired) electrons. The van der Waals surface area contributed by atoms with E-state index in [1.54, 1.807) is 31.5 Å². The highest BCUT2D eigenvalue weighted by atomic mass is 32.1. The fraction of sp³-hybridized carbons (Fsp3) is 0.333. The highest BCUT2D eigenvalue weighted by Crippen LogP contribution is 2.22. The van der Waals surface area contributed by atoms with Gasteiger partial charge >= 0.3 is 0 Å². The molecule has 0 fully saturated rings. The Hall–Kier alpha value is -1.69.